The van der Waals surface area contributed by atoms with Gasteiger partial charge >= 0.3 is 0 Å². The van der Waals surface area contributed by atoms with Gasteiger partial charge in [-0.05, 0) is 55.4 Å². The van der Waals surface area contributed by atoms with Gasteiger partial charge in [-0.3, -0.25) is 4.68 Å². The van der Waals surface area contributed by atoms with E-state index in [0.717, 1.165) is 33.2 Å². The van der Waals surface area contributed by atoms with E-state index in [9.17, 15) is 4.39 Å². The van der Waals surface area contributed by atoms with E-state index in [0.29, 0.717) is 18.2 Å². The Bertz CT molecular complexity index is 953. The zero-order valence-electron chi connectivity index (χ0n) is 15.1. The Morgan fingerprint density at radius 1 is 1.15 bits per heavy atom. The molecule has 1 aromatic heterocycles. The highest BCUT2D eigenvalue weighted by Gasteiger charge is 2.13. The minimum Gasteiger partial charge on any atom is -0.358 e. The molecule has 7 heteroatoms. The molecular formula is C20H20ClFN4S. The van der Waals surface area contributed by atoms with E-state index in [4.69, 9.17) is 23.8 Å². The van der Waals surface area contributed by atoms with Crippen LogP contribution in [0.2, 0.25) is 5.02 Å². The van der Waals surface area contributed by atoms with Crippen molar-refractivity contribution in [2.45, 2.75) is 26.9 Å². The highest BCUT2D eigenvalue weighted by atomic mass is 35.5. The lowest BCUT2D eigenvalue weighted by Gasteiger charge is -2.11. The maximum Gasteiger partial charge on any atom is 0.171 e. The van der Waals surface area contributed by atoms with Crippen molar-refractivity contribution >= 4 is 34.6 Å². The van der Waals surface area contributed by atoms with Crippen LogP contribution in [0.15, 0.2) is 48.5 Å². The van der Waals surface area contributed by atoms with Crippen molar-refractivity contribution in [3.8, 4) is 0 Å². The first-order valence-electron chi connectivity index (χ1n) is 8.50. The van der Waals surface area contributed by atoms with Crippen LogP contribution in [0.3, 0.4) is 0 Å². The first kappa shape index (κ1) is 19.3. The van der Waals surface area contributed by atoms with E-state index in [-0.39, 0.29) is 5.82 Å². The van der Waals surface area contributed by atoms with E-state index in [1.54, 1.807) is 12.1 Å². The molecule has 1 heterocycles. The highest BCUT2D eigenvalue weighted by molar-refractivity contribution is 7.80. The van der Waals surface area contributed by atoms with E-state index in [1.807, 2.05) is 42.8 Å². The molecule has 0 aliphatic carbocycles. The fraction of sp³-hybridized carbons (Fsp3) is 0.200. The maximum absolute atomic E-state index is 13.0. The van der Waals surface area contributed by atoms with Crippen LogP contribution in [0.1, 0.15) is 22.5 Å². The number of nitrogens with zero attached hydrogens (tertiary/aromatic N) is 2. The largest absolute Gasteiger partial charge is 0.358 e. The summed E-state index contributed by atoms with van der Waals surface area (Å²) in [5, 5.41) is 12.1. The average molecular weight is 403 g/mol. The molecule has 4 nitrogen and oxygen atoms in total. The van der Waals surface area contributed by atoms with Gasteiger partial charge in [0.1, 0.15) is 5.82 Å². The molecule has 3 rings (SSSR count). The van der Waals surface area contributed by atoms with Crippen molar-refractivity contribution in [3.63, 3.8) is 0 Å². The van der Waals surface area contributed by atoms with Crippen LogP contribution < -0.4 is 10.6 Å². The quantitative estimate of drug-likeness (QED) is 0.600. The van der Waals surface area contributed by atoms with E-state index in [1.165, 1.54) is 12.1 Å². The molecule has 0 aliphatic heterocycles. The molecule has 0 spiro atoms. The number of anilines is 1. The Labute approximate surface area is 168 Å². The van der Waals surface area contributed by atoms with Crippen molar-refractivity contribution < 1.29 is 4.39 Å². The lowest BCUT2D eigenvalue weighted by atomic mass is 10.2. The van der Waals surface area contributed by atoms with Crippen molar-refractivity contribution in [3.05, 3.63) is 81.9 Å². The third kappa shape index (κ3) is 4.84. The molecule has 0 radical (unpaired) electrons. The molecule has 3 aromatic rings. The summed E-state index contributed by atoms with van der Waals surface area (Å²) in [5.41, 5.74) is 4.65. The van der Waals surface area contributed by atoms with E-state index < -0.39 is 0 Å². The van der Waals surface area contributed by atoms with Crippen LogP contribution in [-0.4, -0.2) is 14.9 Å². The summed E-state index contributed by atoms with van der Waals surface area (Å²) in [6.07, 6.45) is 0. The molecular weight excluding hydrogens is 383 g/mol. The zero-order valence-corrected chi connectivity index (χ0v) is 16.7. The van der Waals surface area contributed by atoms with Crippen LogP contribution in [0.5, 0.6) is 0 Å². The first-order chi connectivity index (χ1) is 12.9. The monoisotopic (exact) mass is 402 g/mol. The van der Waals surface area contributed by atoms with Crippen molar-refractivity contribution in [2.75, 3.05) is 5.32 Å². The van der Waals surface area contributed by atoms with Crippen molar-refractivity contribution in [1.82, 2.24) is 15.1 Å². The number of thiocarbonyl (C=S) groups is 1. The Balaban J connectivity index is 1.66. The number of halogens is 2. The van der Waals surface area contributed by atoms with Crippen LogP contribution >= 0.6 is 23.8 Å². The standard InChI is InChI=1S/C20H20ClFN4S/c1-13-19(24-20(27)23-11-15-7-9-17(22)10-8-15)14(2)26(25-13)12-16-5-3-4-6-18(16)21/h3-10H,11-12H2,1-2H3,(H2,23,24,27). The number of aromatic nitrogens is 2. The minimum absolute atomic E-state index is 0.253. The lowest BCUT2D eigenvalue weighted by Crippen LogP contribution is -2.28. The SMILES string of the molecule is Cc1nn(Cc2ccccc2Cl)c(C)c1NC(=S)NCc1ccc(F)cc1. The summed E-state index contributed by atoms with van der Waals surface area (Å²) < 4.78 is 14.9. The molecule has 0 aliphatic rings. The molecule has 0 fully saturated rings. The number of aryl methyl sites for hydroxylation is 1. The molecule has 140 valence electrons. The zero-order chi connectivity index (χ0) is 19.4. The van der Waals surface area contributed by atoms with Gasteiger partial charge in [-0.15, -0.1) is 0 Å². The average Bonchev–Trinajstić information content (AvgIpc) is 2.90. The summed E-state index contributed by atoms with van der Waals surface area (Å²) >= 11 is 11.6. The van der Waals surface area contributed by atoms with Crippen molar-refractivity contribution in [2.24, 2.45) is 0 Å². The molecule has 0 saturated carbocycles. The molecule has 0 bridgehead atoms. The molecule has 0 amide bonds. The second kappa shape index (κ2) is 8.50. The van der Waals surface area contributed by atoms with Crippen LogP contribution in [0.25, 0.3) is 0 Å². The summed E-state index contributed by atoms with van der Waals surface area (Å²) in [4.78, 5) is 0. The number of benzene rings is 2. The Kier molecular flexibility index (Phi) is 6.08. The van der Waals surface area contributed by atoms with E-state index >= 15 is 0 Å². The molecule has 0 saturated heterocycles. The fourth-order valence-corrected chi connectivity index (χ4v) is 3.13. The molecule has 27 heavy (non-hydrogen) atoms. The first-order valence-corrected chi connectivity index (χ1v) is 9.29. The third-order valence-corrected chi connectivity index (χ3v) is 4.88. The second-order valence-corrected chi connectivity index (χ2v) is 7.04. The number of hydrogen-bond acceptors (Lipinski definition) is 2. The van der Waals surface area contributed by atoms with Gasteiger partial charge in [0, 0.05) is 11.6 Å². The van der Waals surface area contributed by atoms with Crippen LogP contribution in [-0.2, 0) is 13.1 Å². The van der Waals surface area contributed by atoms with Gasteiger partial charge in [-0.25, -0.2) is 4.39 Å². The van der Waals surface area contributed by atoms with E-state index in [2.05, 4.69) is 15.7 Å². The predicted molar refractivity (Wildman–Crippen MR) is 112 cm³/mol. The Morgan fingerprint density at radius 3 is 2.56 bits per heavy atom. The minimum atomic E-state index is -0.253. The summed E-state index contributed by atoms with van der Waals surface area (Å²) in [6.45, 7) is 5.02. The smallest absolute Gasteiger partial charge is 0.171 e. The summed E-state index contributed by atoms with van der Waals surface area (Å²) in [6, 6.07) is 14.0. The molecule has 0 atom stereocenters. The third-order valence-electron chi connectivity index (χ3n) is 4.26. The van der Waals surface area contributed by atoms with Gasteiger partial charge in [0.2, 0.25) is 0 Å². The maximum atomic E-state index is 13.0. The van der Waals surface area contributed by atoms with Gasteiger partial charge in [-0.2, -0.15) is 5.10 Å². The fourth-order valence-electron chi connectivity index (χ4n) is 2.76. The normalized spacial score (nSPS) is 10.7. The number of hydrogen-bond donors (Lipinski definition) is 2. The Morgan fingerprint density at radius 2 is 1.85 bits per heavy atom. The number of nitrogens with one attached hydrogen (secondary N) is 2. The topological polar surface area (TPSA) is 41.9 Å². The van der Waals surface area contributed by atoms with Gasteiger partial charge < -0.3 is 10.6 Å². The molecule has 2 N–H and O–H groups in total. The molecule has 0 unspecified atom stereocenters. The molecule has 2 aromatic carbocycles. The van der Waals surface area contributed by atoms with Gasteiger partial charge in [0.15, 0.2) is 5.11 Å². The van der Waals surface area contributed by atoms with Gasteiger partial charge in [0.05, 0.1) is 23.6 Å². The Hall–Kier alpha value is -2.44. The summed E-state index contributed by atoms with van der Waals surface area (Å²) in [5.74, 6) is -0.253. The van der Waals surface area contributed by atoms with Gasteiger partial charge in [-0.1, -0.05) is 41.9 Å². The van der Waals surface area contributed by atoms with Crippen LogP contribution in [0.4, 0.5) is 10.1 Å². The second-order valence-electron chi connectivity index (χ2n) is 6.23. The van der Waals surface area contributed by atoms with Crippen LogP contribution in [0, 0.1) is 19.7 Å². The highest BCUT2D eigenvalue weighted by Crippen LogP contribution is 2.22. The van der Waals surface area contributed by atoms with Crippen molar-refractivity contribution in [1.29, 1.82) is 0 Å². The lowest BCUT2D eigenvalue weighted by molar-refractivity contribution is 0.627. The number of rotatable bonds is 5. The predicted octanol–water partition coefficient (Wildman–Crippen LogP) is 4.83. The van der Waals surface area contributed by atoms with Gasteiger partial charge in [0.25, 0.3) is 0 Å². The summed E-state index contributed by atoms with van der Waals surface area (Å²) in [7, 11) is 0.